The quantitative estimate of drug-likeness (QED) is 0.347. The third kappa shape index (κ3) is 6.19. The third-order valence-electron chi connectivity index (χ3n) is 6.11. The Labute approximate surface area is 192 Å². The summed E-state index contributed by atoms with van der Waals surface area (Å²) in [5.41, 5.74) is 11.7. The molecule has 0 amide bonds. The van der Waals surface area contributed by atoms with E-state index in [-0.39, 0.29) is 24.0 Å². The lowest BCUT2D eigenvalue weighted by Crippen LogP contribution is -2.26. The first kappa shape index (κ1) is 22.1. The number of aryl methyl sites for hydroxylation is 1. The highest BCUT2D eigenvalue weighted by molar-refractivity contribution is 14.0. The van der Waals surface area contributed by atoms with Gasteiger partial charge in [0.05, 0.1) is 0 Å². The maximum Gasteiger partial charge on any atom is 0.193 e. The van der Waals surface area contributed by atoms with Crippen LogP contribution >= 0.6 is 24.0 Å². The largest absolute Gasteiger partial charge is 0.370 e. The number of benzene rings is 2. The number of fused-ring (bicyclic) bond motifs is 1. The molecule has 1 heterocycles. The van der Waals surface area contributed by atoms with Crippen LogP contribution in [0.4, 0.5) is 5.69 Å². The molecule has 1 unspecified atom stereocenters. The monoisotopic (exact) mass is 504 g/mol. The van der Waals surface area contributed by atoms with Crippen molar-refractivity contribution in [3.63, 3.8) is 0 Å². The van der Waals surface area contributed by atoms with Crippen LogP contribution in [0, 0.1) is 5.92 Å². The Morgan fingerprint density at radius 1 is 1.07 bits per heavy atom. The summed E-state index contributed by atoms with van der Waals surface area (Å²) in [6.45, 7) is 4.25. The molecule has 5 heteroatoms. The van der Waals surface area contributed by atoms with Crippen LogP contribution in [0.5, 0.6) is 0 Å². The normalized spacial score (nSPS) is 19.4. The standard InChI is InChI=1S/C24H32N4.HI/c25-24(27-23-12-6-10-21-9-4-5-11-22(21)23)26-17-20-14-16-28(18-20)15-13-19-7-2-1-3-8-19;/h1-3,6-8,10,12,20H,4-5,9,11,13-18H2,(H3,25,26,27);1H. The molecule has 1 fully saturated rings. The molecule has 1 aliphatic heterocycles. The van der Waals surface area contributed by atoms with E-state index >= 15 is 0 Å². The predicted octanol–water partition coefficient (Wildman–Crippen LogP) is 4.47. The molecule has 2 aromatic carbocycles. The lowest BCUT2D eigenvalue weighted by atomic mass is 9.90. The summed E-state index contributed by atoms with van der Waals surface area (Å²) in [6, 6.07) is 17.3. The van der Waals surface area contributed by atoms with Crippen molar-refractivity contribution in [2.45, 2.75) is 38.5 Å². The number of guanidine groups is 1. The van der Waals surface area contributed by atoms with Crippen LogP contribution in [0.25, 0.3) is 0 Å². The fraction of sp³-hybridized carbons (Fsp3) is 0.458. The highest BCUT2D eigenvalue weighted by Gasteiger charge is 2.22. The number of rotatable bonds is 6. The van der Waals surface area contributed by atoms with Crippen LogP contribution in [0.2, 0.25) is 0 Å². The second-order valence-corrected chi connectivity index (χ2v) is 8.19. The molecule has 29 heavy (non-hydrogen) atoms. The summed E-state index contributed by atoms with van der Waals surface area (Å²) in [7, 11) is 0. The van der Waals surface area contributed by atoms with Gasteiger partial charge in [-0.1, -0.05) is 42.5 Å². The average Bonchev–Trinajstić information content (AvgIpc) is 3.20. The number of hydrogen-bond acceptors (Lipinski definition) is 2. The Hall–Kier alpha value is -1.60. The van der Waals surface area contributed by atoms with Gasteiger partial charge in [-0.3, -0.25) is 4.99 Å². The minimum absolute atomic E-state index is 0. The summed E-state index contributed by atoms with van der Waals surface area (Å²) in [5.74, 6) is 1.17. The second kappa shape index (κ2) is 11.0. The van der Waals surface area contributed by atoms with Gasteiger partial charge in [-0.2, -0.15) is 0 Å². The molecule has 1 aliphatic carbocycles. The summed E-state index contributed by atoms with van der Waals surface area (Å²) in [4.78, 5) is 7.22. The predicted molar refractivity (Wildman–Crippen MR) is 133 cm³/mol. The zero-order valence-corrected chi connectivity index (χ0v) is 19.5. The summed E-state index contributed by atoms with van der Waals surface area (Å²) in [5, 5.41) is 3.37. The summed E-state index contributed by atoms with van der Waals surface area (Å²) < 4.78 is 0. The lowest BCUT2D eigenvalue weighted by molar-refractivity contribution is 0.330. The van der Waals surface area contributed by atoms with Crippen molar-refractivity contribution < 1.29 is 0 Å². The number of hydrogen-bond donors (Lipinski definition) is 2. The first-order valence-corrected chi connectivity index (χ1v) is 10.7. The topological polar surface area (TPSA) is 53.6 Å². The molecule has 2 aromatic rings. The van der Waals surface area contributed by atoms with Gasteiger partial charge in [0, 0.05) is 25.3 Å². The fourth-order valence-corrected chi connectivity index (χ4v) is 4.50. The Kier molecular flexibility index (Phi) is 8.36. The molecule has 1 atom stereocenters. The highest BCUT2D eigenvalue weighted by atomic mass is 127. The number of halogens is 1. The van der Waals surface area contributed by atoms with Gasteiger partial charge in [0.2, 0.25) is 0 Å². The molecule has 0 bridgehead atoms. The van der Waals surface area contributed by atoms with Gasteiger partial charge in [-0.15, -0.1) is 24.0 Å². The minimum atomic E-state index is 0. The van der Waals surface area contributed by atoms with Gasteiger partial charge in [0.25, 0.3) is 0 Å². The Morgan fingerprint density at radius 2 is 1.90 bits per heavy atom. The van der Waals surface area contributed by atoms with Crippen molar-refractivity contribution in [1.29, 1.82) is 0 Å². The van der Waals surface area contributed by atoms with E-state index < -0.39 is 0 Å². The molecular weight excluding hydrogens is 471 g/mol. The van der Waals surface area contributed by atoms with Gasteiger partial charge >= 0.3 is 0 Å². The number of nitrogens with one attached hydrogen (secondary N) is 1. The molecule has 0 saturated carbocycles. The zero-order valence-electron chi connectivity index (χ0n) is 17.1. The van der Waals surface area contributed by atoms with Gasteiger partial charge < -0.3 is 16.0 Å². The molecule has 1 saturated heterocycles. The second-order valence-electron chi connectivity index (χ2n) is 8.19. The van der Waals surface area contributed by atoms with Gasteiger partial charge in [0.15, 0.2) is 5.96 Å². The molecule has 0 spiro atoms. The van der Waals surface area contributed by atoms with Crippen molar-refractivity contribution in [3.8, 4) is 0 Å². The molecule has 0 aromatic heterocycles. The summed E-state index contributed by atoms with van der Waals surface area (Å²) >= 11 is 0. The first-order chi connectivity index (χ1) is 13.8. The van der Waals surface area contributed by atoms with Crippen LogP contribution in [0.15, 0.2) is 53.5 Å². The Morgan fingerprint density at radius 3 is 2.76 bits per heavy atom. The van der Waals surface area contributed by atoms with E-state index in [1.807, 2.05) is 0 Å². The van der Waals surface area contributed by atoms with Gasteiger partial charge in [-0.25, -0.2) is 0 Å². The first-order valence-electron chi connectivity index (χ1n) is 10.7. The van der Waals surface area contributed by atoms with Gasteiger partial charge in [-0.05, 0) is 73.7 Å². The number of nitrogens with zero attached hydrogens (tertiary/aromatic N) is 2. The van der Waals surface area contributed by atoms with Crippen LogP contribution < -0.4 is 11.1 Å². The third-order valence-corrected chi connectivity index (χ3v) is 6.11. The van der Waals surface area contributed by atoms with Crippen LogP contribution in [0.3, 0.4) is 0 Å². The van der Waals surface area contributed by atoms with Crippen LogP contribution in [0.1, 0.15) is 36.0 Å². The Balaban J connectivity index is 0.00000240. The van der Waals surface area contributed by atoms with E-state index in [1.165, 1.54) is 48.9 Å². The van der Waals surface area contributed by atoms with E-state index in [9.17, 15) is 0 Å². The SMILES string of the molecule is I.NC(=NCC1CCN(CCc2ccccc2)C1)Nc1cccc2c1CCCC2. The smallest absolute Gasteiger partial charge is 0.193 e. The van der Waals surface area contributed by atoms with E-state index in [2.05, 4.69) is 63.7 Å². The number of nitrogens with two attached hydrogens (primary N) is 1. The van der Waals surface area contributed by atoms with Crippen molar-refractivity contribution in [2.75, 3.05) is 31.5 Å². The van der Waals surface area contributed by atoms with E-state index in [4.69, 9.17) is 5.73 Å². The number of likely N-dealkylation sites (tertiary alicyclic amines) is 1. The highest BCUT2D eigenvalue weighted by Crippen LogP contribution is 2.27. The maximum absolute atomic E-state index is 6.21. The average molecular weight is 504 g/mol. The maximum atomic E-state index is 6.21. The van der Waals surface area contributed by atoms with E-state index in [1.54, 1.807) is 0 Å². The van der Waals surface area contributed by atoms with Gasteiger partial charge in [0.1, 0.15) is 0 Å². The molecule has 2 aliphatic rings. The molecule has 4 rings (SSSR count). The number of aliphatic imine (C=N–C) groups is 1. The van der Waals surface area contributed by atoms with E-state index in [0.29, 0.717) is 11.9 Å². The Bertz CT molecular complexity index is 806. The molecule has 3 N–H and O–H groups in total. The van der Waals surface area contributed by atoms with Crippen molar-refractivity contribution in [3.05, 3.63) is 65.2 Å². The van der Waals surface area contributed by atoms with Crippen LogP contribution in [-0.4, -0.2) is 37.0 Å². The zero-order chi connectivity index (χ0) is 19.2. The number of anilines is 1. The minimum Gasteiger partial charge on any atom is -0.370 e. The van der Waals surface area contributed by atoms with E-state index in [0.717, 1.165) is 38.2 Å². The summed E-state index contributed by atoms with van der Waals surface area (Å²) in [6.07, 6.45) is 7.23. The van der Waals surface area contributed by atoms with Crippen molar-refractivity contribution in [2.24, 2.45) is 16.6 Å². The molecule has 0 radical (unpaired) electrons. The van der Waals surface area contributed by atoms with Crippen molar-refractivity contribution in [1.82, 2.24) is 4.90 Å². The van der Waals surface area contributed by atoms with Crippen molar-refractivity contribution >= 4 is 35.6 Å². The lowest BCUT2D eigenvalue weighted by Gasteiger charge is -2.20. The van der Waals surface area contributed by atoms with Crippen LogP contribution in [-0.2, 0) is 19.3 Å². The molecule has 4 nitrogen and oxygen atoms in total. The fourth-order valence-electron chi connectivity index (χ4n) is 4.50. The molecular formula is C24H33IN4. The molecule has 156 valence electrons.